The SMILES string of the molecule is Brc1ccnc2c1ccc1cccnc12. The summed E-state index contributed by atoms with van der Waals surface area (Å²) >= 11 is 3.51. The third kappa shape index (κ3) is 1.31. The second-order valence-corrected chi connectivity index (χ2v) is 4.18. The topological polar surface area (TPSA) is 25.8 Å². The van der Waals surface area contributed by atoms with Crippen molar-refractivity contribution in [1.82, 2.24) is 9.97 Å². The Kier molecular flexibility index (Phi) is 1.92. The molecule has 2 nitrogen and oxygen atoms in total. The molecule has 0 aliphatic rings. The van der Waals surface area contributed by atoms with Gasteiger partial charge in [0.1, 0.15) is 0 Å². The van der Waals surface area contributed by atoms with Crippen molar-refractivity contribution in [2.75, 3.05) is 0 Å². The molecule has 3 rings (SSSR count). The normalized spacial score (nSPS) is 11.0. The fourth-order valence-electron chi connectivity index (χ4n) is 1.72. The van der Waals surface area contributed by atoms with Crippen LogP contribution in [-0.4, -0.2) is 9.97 Å². The maximum absolute atomic E-state index is 4.38. The van der Waals surface area contributed by atoms with E-state index in [4.69, 9.17) is 0 Å². The van der Waals surface area contributed by atoms with Gasteiger partial charge in [-0.05, 0) is 12.1 Å². The number of nitrogens with zero attached hydrogens (tertiary/aromatic N) is 2. The molecule has 3 heteroatoms. The van der Waals surface area contributed by atoms with Crippen LogP contribution >= 0.6 is 15.9 Å². The van der Waals surface area contributed by atoms with Gasteiger partial charge in [-0.15, -0.1) is 0 Å². The molecular weight excluding hydrogens is 252 g/mol. The van der Waals surface area contributed by atoms with Gasteiger partial charge >= 0.3 is 0 Å². The first kappa shape index (κ1) is 8.80. The minimum atomic E-state index is 0.947. The van der Waals surface area contributed by atoms with Crippen molar-refractivity contribution in [3.05, 3.63) is 47.2 Å². The smallest absolute Gasteiger partial charge is 0.0975 e. The van der Waals surface area contributed by atoms with E-state index in [9.17, 15) is 0 Å². The van der Waals surface area contributed by atoms with Crippen molar-refractivity contribution >= 4 is 37.7 Å². The van der Waals surface area contributed by atoms with E-state index in [0.717, 1.165) is 26.3 Å². The fraction of sp³-hybridized carbons (Fsp3) is 0. The highest BCUT2D eigenvalue weighted by molar-refractivity contribution is 9.10. The van der Waals surface area contributed by atoms with Crippen LogP contribution in [0.2, 0.25) is 0 Å². The molecule has 0 aliphatic heterocycles. The maximum atomic E-state index is 4.38. The molecule has 0 radical (unpaired) electrons. The zero-order valence-corrected chi connectivity index (χ0v) is 9.40. The van der Waals surface area contributed by atoms with Crippen LogP contribution in [0.1, 0.15) is 0 Å². The summed E-state index contributed by atoms with van der Waals surface area (Å²) in [7, 11) is 0. The second-order valence-electron chi connectivity index (χ2n) is 3.33. The molecule has 0 saturated carbocycles. The van der Waals surface area contributed by atoms with Crippen LogP contribution < -0.4 is 0 Å². The van der Waals surface area contributed by atoms with E-state index in [-0.39, 0.29) is 0 Å². The summed E-state index contributed by atoms with van der Waals surface area (Å²) in [6, 6.07) is 10.1. The molecule has 0 fully saturated rings. The summed E-state index contributed by atoms with van der Waals surface area (Å²) < 4.78 is 1.06. The van der Waals surface area contributed by atoms with E-state index in [1.165, 1.54) is 0 Å². The van der Waals surface area contributed by atoms with Gasteiger partial charge in [-0.3, -0.25) is 9.97 Å². The average molecular weight is 259 g/mol. The van der Waals surface area contributed by atoms with Crippen LogP contribution in [0.5, 0.6) is 0 Å². The molecule has 72 valence electrons. The number of hydrogen-bond acceptors (Lipinski definition) is 2. The summed E-state index contributed by atoms with van der Waals surface area (Å²) in [5, 5.41) is 2.22. The first-order valence-electron chi connectivity index (χ1n) is 4.64. The minimum Gasteiger partial charge on any atom is -0.254 e. The Morgan fingerprint density at radius 2 is 1.73 bits per heavy atom. The monoisotopic (exact) mass is 258 g/mol. The van der Waals surface area contributed by atoms with Gasteiger partial charge in [0.05, 0.1) is 11.0 Å². The third-order valence-electron chi connectivity index (χ3n) is 2.43. The molecule has 0 saturated heterocycles. The van der Waals surface area contributed by atoms with Gasteiger partial charge in [0, 0.05) is 27.6 Å². The Morgan fingerprint density at radius 1 is 0.867 bits per heavy atom. The summed E-state index contributed by atoms with van der Waals surface area (Å²) in [4.78, 5) is 8.74. The molecule has 0 unspecified atom stereocenters. The summed E-state index contributed by atoms with van der Waals surface area (Å²) in [5.74, 6) is 0. The number of pyridine rings is 2. The van der Waals surface area contributed by atoms with Crippen LogP contribution in [-0.2, 0) is 0 Å². The highest BCUT2D eigenvalue weighted by atomic mass is 79.9. The summed E-state index contributed by atoms with van der Waals surface area (Å²) in [6.07, 6.45) is 3.59. The number of aromatic nitrogens is 2. The third-order valence-corrected chi connectivity index (χ3v) is 3.12. The predicted molar refractivity (Wildman–Crippen MR) is 64.7 cm³/mol. The van der Waals surface area contributed by atoms with Crippen LogP contribution in [0, 0.1) is 0 Å². The molecule has 0 amide bonds. The number of fused-ring (bicyclic) bond motifs is 3. The molecule has 3 aromatic rings. The first-order valence-corrected chi connectivity index (χ1v) is 5.43. The highest BCUT2D eigenvalue weighted by Gasteiger charge is 2.04. The van der Waals surface area contributed by atoms with Crippen molar-refractivity contribution in [2.45, 2.75) is 0 Å². The van der Waals surface area contributed by atoms with Gasteiger partial charge in [0.15, 0.2) is 0 Å². The van der Waals surface area contributed by atoms with E-state index in [1.807, 2.05) is 18.2 Å². The summed E-state index contributed by atoms with van der Waals surface area (Å²) in [6.45, 7) is 0. The molecule has 2 aromatic heterocycles. The van der Waals surface area contributed by atoms with Gasteiger partial charge in [-0.2, -0.15) is 0 Å². The van der Waals surface area contributed by atoms with Crippen LogP contribution in [0.15, 0.2) is 47.2 Å². The molecule has 1 aromatic carbocycles. The lowest BCUT2D eigenvalue weighted by molar-refractivity contribution is 1.37. The summed E-state index contributed by atoms with van der Waals surface area (Å²) in [5.41, 5.74) is 1.90. The van der Waals surface area contributed by atoms with Crippen molar-refractivity contribution in [3.63, 3.8) is 0 Å². The first-order chi connectivity index (χ1) is 7.36. The molecule has 0 bridgehead atoms. The molecule has 0 aliphatic carbocycles. The van der Waals surface area contributed by atoms with Crippen molar-refractivity contribution in [1.29, 1.82) is 0 Å². The zero-order chi connectivity index (χ0) is 10.3. The average Bonchev–Trinajstić information content (AvgIpc) is 2.29. The fourth-order valence-corrected chi connectivity index (χ4v) is 2.16. The number of benzene rings is 1. The zero-order valence-electron chi connectivity index (χ0n) is 7.81. The Bertz CT molecular complexity index is 649. The Labute approximate surface area is 95.1 Å². The second kappa shape index (κ2) is 3.28. The molecule has 0 N–H and O–H groups in total. The number of hydrogen-bond donors (Lipinski definition) is 0. The van der Waals surface area contributed by atoms with Crippen molar-refractivity contribution in [3.8, 4) is 0 Å². The number of rotatable bonds is 0. The molecular formula is C12H7BrN2. The van der Waals surface area contributed by atoms with Crippen LogP contribution in [0.25, 0.3) is 21.8 Å². The van der Waals surface area contributed by atoms with Crippen molar-refractivity contribution in [2.24, 2.45) is 0 Å². The van der Waals surface area contributed by atoms with E-state index >= 15 is 0 Å². The lowest BCUT2D eigenvalue weighted by Gasteiger charge is -2.02. The van der Waals surface area contributed by atoms with E-state index < -0.39 is 0 Å². The van der Waals surface area contributed by atoms with Gasteiger partial charge in [0.25, 0.3) is 0 Å². The lowest BCUT2D eigenvalue weighted by Crippen LogP contribution is -1.84. The van der Waals surface area contributed by atoms with Gasteiger partial charge < -0.3 is 0 Å². The quantitative estimate of drug-likeness (QED) is 0.577. The predicted octanol–water partition coefficient (Wildman–Crippen LogP) is 3.55. The van der Waals surface area contributed by atoms with Crippen LogP contribution in [0.3, 0.4) is 0 Å². The van der Waals surface area contributed by atoms with Gasteiger partial charge in [-0.25, -0.2) is 0 Å². The Morgan fingerprint density at radius 3 is 2.67 bits per heavy atom. The van der Waals surface area contributed by atoms with Gasteiger partial charge in [-0.1, -0.05) is 34.1 Å². The van der Waals surface area contributed by atoms with Crippen molar-refractivity contribution < 1.29 is 0 Å². The van der Waals surface area contributed by atoms with Crippen LogP contribution in [0.4, 0.5) is 0 Å². The molecule has 0 spiro atoms. The highest BCUT2D eigenvalue weighted by Crippen LogP contribution is 2.26. The van der Waals surface area contributed by atoms with E-state index in [0.29, 0.717) is 0 Å². The molecule has 0 atom stereocenters. The number of halogens is 1. The molecule has 2 heterocycles. The largest absolute Gasteiger partial charge is 0.254 e. The maximum Gasteiger partial charge on any atom is 0.0975 e. The van der Waals surface area contributed by atoms with E-state index in [1.54, 1.807) is 12.4 Å². The molecule has 15 heavy (non-hydrogen) atoms. The standard InChI is InChI=1S/C12H7BrN2/c13-10-5-7-15-12-9(10)4-3-8-2-1-6-14-11(8)12/h1-7H. The van der Waals surface area contributed by atoms with Gasteiger partial charge in [0.2, 0.25) is 0 Å². The Hall–Kier alpha value is -1.48. The van der Waals surface area contributed by atoms with E-state index in [2.05, 4.69) is 38.0 Å². The Balaban J connectivity index is 2.60. The lowest BCUT2D eigenvalue weighted by atomic mass is 10.1. The minimum absolute atomic E-state index is 0.947.